The summed E-state index contributed by atoms with van der Waals surface area (Å²) in [6.07, 6.45) is 3.53. The van der Waals surface area contributed by atoms with Crippen LogP contribution in [-0.4, -0.2) is 24.1 Å². The molecule has 2 amide bonds. The molecule has 2 aromatic rings. The Labute approximate surface area is 143 Å². The van der Waals surface area contributed by atoms with Crippen molar-refractivity contribution in [1.29, 1.82) is 0 Å². The molecule has 4 nitrogen and oxygen atoms in total. The van der Waals surface area contributed by atoms with Crippen LogP contribution in [-0.2, 0) is 6.54 Å². The number of hydrogen-bond acceptors (Lipinski definition) is 2. The predicted octanol–water partition coefficient (Wildman–Crippen LogP) is 4.29. The number of benzene rings is 2. The molecular weight excluding hydrogens is 300 g/mol. The zero-order valence-electron chi connectivity index (χ0n) is 14.4. The summed E-state index contributed by atoms with van der Waals surface area (Å²) in [7, 11) is 1.64. The summed E-state index contributed by atoms with van der Waals surface area (Å²) in [5, 5.41) is 2.84. The monoisotopic (exact) mass is 324 g/mol. The first kappa shape index (κ1) is 17.6. The van der Waals surface area contributed by atoms with E-state index in [4.69, 9.17) is 4.74 Å². The lowest BCUT2D eigenvalue weighted by molar-refractivity contribution is 0.183. The molecule has 0 unspecified atom stereocenters. The third-order valence-electron chi connectivity index (χ3n) is 3.68. The van der Waals surface area contributed by atoms with Gasteiger partial charge in [0, 0.05) is 18.8 Å². The number of carbonyl (C=O) groups is 1. The van der Waals surface area contributed by atoms with Crippen molar-refractivity contribution in [1.82, 2.24) is 10.2 Å². The summed E-state index contributed by atoms with van der Waals surface area (Å²) in [5.41, 5.74) is 2.11. The van der Waals surface area contributed by atoms with Gasteiger partial charge in [-0.3, -0.25) is 0 Å². The van der Waals surface area contributed by atoms with E-state index in [0.29, 0.717) is 6.54 Å². The minimum absolute atomic E-state index is 0.111. The SMILES string of the molecule is COc1ccc(/C=C/NC(=O)N(Cc2ccccc2)C(C)C)cc1. The van der Waals surface area contributed by atoms with E-state index < -0.39 is 0 Å². The minimum Gasteiger partial charge on any atom is -0.497 e. The fourth-order valence-electron chi connectivity index (χ4n) is 2.28. The van der Waals surface area contributed by atoms with Gasteiger partial charge in [-0.2, -0.15) is 0 Å². The Hall–Kier alpha value is -2.75. The van der Waals surface area contributed by atoms with Crippen LogP contribution in [0.5, 0.6) is 5.75 Å². The highest BCUT2D eigenvalue weighted by Crippen LogP contribution is 2.12. The van der Waals surface area contributed by atoms with Gasteiger partial charge in [0.25, 0.3) is 0 Å². The Kier molecular flexibility index (Phi) is 6.43. The Balaban J connectivity index is 1.95. The molecule has 0 bridgehead atoms. The molecule has 0 saturated carbocycles. The van der Waals surface area contributed by atoms with Crippen molar-refractivity contribution in [3.05, 3.63) is 71.9 Å². The number of nitrogens with zero attached hydrogens (tertiary/aromatic N) is 1. The van der Waals surface area contributed by atoms with Gasteiger partial charge < -0.3 is 15.0 Å². The molecule has 0 aliphatic heterocycles. The molecule has 1 N–H and O–H groups in total. The summed E-state index contributed by atoms with van der Waals surface area (Å²) in [4.78, 5) is 14.2. The molecule has 0 spiro atoms. The largest absolute Gasteiger partial charge is 0.497 e. The van der Waals surface area contributed by atoms with Crippen molar-refractivity contribution in [3.63, 3.8) is 0 Å². The van der Waals surface area contributed by atoms with Gasteiger partial charge in [0.1, 0.15) is 5.75 Å². The Morgan fingerprint density at radius 2 is 1.79 bits per heavy atom. The third-order valence-corrected chi connectivity index (χ3v) is 3.68. The average molecular weight is 324 g/mol. The van der Waals surface area contributed by atoms with Crippen LogP contribution in [0.15, 0.2) is 60.8 Å². The first-order chi connectivity index (χ1) is 11.6. The van der Waals surface area contributed by atoms with Gasteiger partial charge in [-0.15, -0.1) is 0 Å². The zero-order chi connectivity index (χ0) is 17.4. The van der Waals surface area contributed by atoms with E-state index in [1.807, 2.05) is 74.5 Å². The van der Waals surface area contributed by atoms with E-state index in [9.17, 15) is 4.79 Å². The van der Waals surface area contributed by atoms with Gasteiger partial charge in [-0.25, -0.2) is 4.79 Å². The standard InChI is InChI=1S/C20H24N2O2/c1-16(2)22(15-18-7-5-4-6-8-18)20(23)21-14-13-17-9-11-19(24-3)12-10-17/h4-14,16H,15H2,1-3H3,(H,21,23)/b14-13+. The molecule has 2 aromatic carbocycles. The van der Waals surface area contributed by atoms with E-state index in [1.54, 1.807) is 18.2 Å². The van der Waals surface area contributed by atoms with Crippen molar-refractivity contribution in [2.75, 3.05) is 7.11 Å². The molecule has 4 heteroatoms. The minimum atomic E-state index is -0.112. The summed E-state index contributed by atoms with van der Waals surface area (Å²) < 4.78 is 5.13. The second-order valence-corrected chi connectivity index (χ2v) is 5.76. The lowest BCUT2D eigenvalue weighted by Gasteiger charge is -2.26. The molecular formula is C20H24N2O2. The van der Waals surface area contributed by atoms with Crippen molar-refractivity contribution >= 4 is 12.1 Å². The molecule has 2 rings (SSSR count). The first-order valence-electron chi connectivity index (χ1n) is 8.02. The molecule has 0 saturated heterocycles. The highest BCUT2D eigenvalue weighted by Gasteiger charge is 2.15. The van der Waals surface area contributed by atoms with E-state index in [0.717, 1.165) is 16.9 Å². The second-order valence-electron chi connectivity index (χ2n) is 5.76. The summed E-state index contributed by atoms with van der Waals surface area (Å²) in [5.74, 6) is 0.810. The zero-order valence-corrected chi connectivity index (χ0v) is 14.4. The van der Waals surface area contributed by atoms with Crippen molar-refractivity contribution in [2.45, 2.75) is 26.4 Å². The van der Waals surface area contributed by atoms with E-state index >= 15 is 0 Å². The molecule has 0 atom stereocenters. The highest BCUT2D eigenvalue weighted by atomic mass is 16.5. The van der Waals surface area contributed by atoms with Gasteiger partial charge in [-0.05, 0) is 43.2 Å². The predicted molar refractivity (Wildman–Crippen MR) is 97.7 cm³/mol. The number of carbonyl (C=O) groups excluding carboxylic acids is 1. The summed E-state index contributed by atoms with van der Waals surface area (Å²) in [6.45, 7) is 4.60. The fourth-order valence-corrected chi connectivity index (χ4v) is 2.28. The Bertz CT molecular complexity index is 664. The van der Waals surface area contributed by atoms with Crippen molar-refractivity contribution in [2.24, 2.45) is 0 Å². The Morgan fingerprint density at radius 1 is 1.12 bits per heavy atom. The molecule has 0 heterocycles. The molecule has 0 radical (unpaired) electrons. The topological polar surface area (TPSA) is 41.6 Å². The first-order valence-corrected chi connectivity index (χ1v) is 8.02. The van der Waals surface area contributed by atoms with Crippen molar-refractivity contribution in [3.8, 4) is 5.75 Å². The van der Waals surface area contributed by atoms with Crippen LogP contribution in [0.25, 0.3) is 6.08 Å². The van der Waals surface area contributed by atoms with Gasteiger partial charge >= 0.3 is 6.03 Å². The van der Waals surface area contributed by atoms with E-state index in [1.165, 1.54) is 0 Å². The number of methoxy groups -OCH3 is 1. The number of rotatable bonds is 6. The maximum atomic E-state index is 12.4. The van der Waals surface area contributed by atoms with E-state index in [2.05, 4.69) is 5.32 Å². The number of urea groups is 1. The Morgan fingerprint density at radius 3 is 2.38 bits per heavy atom. The van der Waals surface area contributed by atoms with Gasteiger partial charge in [-0.1, -0.05) is 42.5 Å². The van der Waals surface area contributed by atoms with Crippen LogP contribution in [0.3, 0.4) is 0 Å². The number of hydrogen-bond donors (Lipinski definition) is 1. The molecule has 0 aliphatic carbocycles. The number of nitrogens with one attached hydrogen (secondary N) is 1. The molecule has 24 heavy (non-hydrogen) atoms. The lowest BCUT2D eigenvalue weighted by atomic mass is 10.2. The fraction of sp³-hybridized carbons (Fsp3) is 0.250. The van der Waals surface area contributed by atoms with Gasteiger partial charge in [0.05, 0.1) is 7.11 Å². The normalized spacial score (nSPS) is 10.8. The highest BCUT2D eigenvalue weighted by molar-refractivity contribution is 5.76. The molecule has 126 valence electrons. The number of ether oxygens (including phenoxy) is 1. The quantitative estimate of drug-likeness (QED) is 0.861. The maximum absolute atomic E-state index is 12.4. The van der Waals surface area contributed by atoms with Crippen LogP contribution in [0, 0.1) is 0 Å². The molecule has 0 fully saturated rings. The maximum Gasteiger partial charge on any atom is 0.321 e. The second kappa shape index (κ2) is 8.77. The van der Waals surface area contributed by atoms with Crippen LogP contribution in [0.1, 0.15) is 25.0 Å². The van der Waals surface area contributed by atoms with Crippen LogP contribution >= 0.6 is 0 Å². The van der Waals surface area contributed by atoms with Crippen LogP contribution in [0.2, 0.25) is 0 Å². The van der Waals surface area contributed by atoms with E-state index in [-0.39, 0.29) is 12.1 Å². The molecule has 0 aliphatic rings. The van der Waals surface area contributed by atoms with Gasteiger partial charge in [0.15, 0.2) is 0 Å². The lowest BCUT2D eigenvalue weighted by Crippen LogP contribution is -2.41. The number of amides is 2. The van der Waals surface area contributed by atoms with Crippen molar-refractivity contribution < 1.29 is 9.53 Å². The molecule has 0 aromatic heterocycles. The third kappa shape index (κ3) is 5.16. The summed E-state index contributed by atoms with van der Waals surface area (Å²) in [6, 6.07) is 17.6. The smallest absolute Gasteiger partial charge is 0.321 e. The average Bonchev–Trinajstić information content (AvgIpc) is 2.60. The van der Waals surface area contributed by atoms with Gasteiger partial charge in [0.2, 0.25) is 0 Å². The summed E-state index contributed by atoms with van der Waals surface area (Å²) >= 11 is 0. The van der Waals surface area contributed by atoms with Crippen LogP contribution in [0.4, 0.5) is 4.79 Å². The van der Waals surface area contributed by atoms with Crippen LogP contribution < -0.4 is 10.1 Å².